The molecule has 0 aromatic heterocycles. The van der Waals surface area contributed by atoms with Crippen molar-refractivity contribution in [1.82, 2.24) is 0 Å². The number of aryl methyl sites for hydroxylation is 1. The standard InChI is InChI=1S/C25H26O/c1-3-5-17-26-25-16-15-23-18-22(13-14-24(23)19-25)12-11-21-9-7-20(6-4-2)8-10-21/h7-10,13-16,18-19H,3-6,17H2,1-2H3. The fraction of sp³-hybridized carbons (Fsp3) is 0.280. The Kier molecular flexibility index (Phi) is 6.34. The zero-order chi connectivity index (χ0) is 18.2. The van der Waals surface area contributed by atoms with Crippen LogP contribution in [-0.2, 0) is 6.42 Å². The molecular weight excluding hydrogens is 316 g/mol. The normalized spacial score (nSPS) is 10.4. The van der Waals surface area contributed by atoms with E-state index in [1.165, 1.54) is 22.8 Å². The number of benzene rings is 3. The van der Waals surface area contributed by atoms with E-state index in [-0.39, 0.29) is 0 Å². The summed E-state index contributed by atoms with van der Waals surface area (Å²) in [7, 11) is 0. The number of fused-ring (bicyclic) bond motifs is 1. The predicted octanol–water partition coefficient (Wildman–Crippen LogP) is 6.37. The molecule has 1 nitrogen and oxygen atoms in total. The molecule has 0 unspecified atom stereocenters. The summed E-state index contributed by atoms with van der Waals surface area (Å²) in [5.74, 6) is 7.49. The monoisotopic (exact) mass is 342 g/mol. The van der Waals surface area contributed by atoms with Gasteiger partial charge in [0, 0.05) is 11.1 Å². The van der Waals surface area contributed by atoms with Gasteiger partial charge in [0.25, 0.3) is 0 Å². The number of hydrogen-bond acceptors (Lipinski definition) is 1. The lowest BCUT2D eigenvalue weighted by Crippen LogP contribution is -1.96. The Morgan fingerprint density at radius 1 is 0.731 bits per heavy atom. The fourth-order valence-corrected chi connectivity index (χ4v) is 2.91. The van der Waals surface area contributed by atoms with E-state index in [0.717, 1.165) is 42.7 Å². The van der Waals surface area contributed by atoms with E-state index in [2.05, 4.69) is 80.3 Å². The highest BCUT2D eigenvalue weighted by Gasteiger charge is 1.99. The van der Waals surface area contributed by atoms with Crippen LogP contribution in [0, 0.1) is 11.8 Å². The highest BCUT2D eigenvalue weighted by molar-refractivity contribution is 5.85. The molecule has 0 spiro atoms. The summed E-state index contributed by atoms with van der Waals surface area (Å²) in [6.07, 6.45) is 4.54. The topological polar surface area (TPSA) is 9.23 Å². The molecule has 1 heteroatoms. The molecule has 3 aromatic carbocycles. The van der Waals surface area contributed by atoms with Gasteiger partial charge in [-0.1, -0.05) is 62.8 Å². The first-order chi connectivity index (χ1) is 12.8. The van der Waals surface area contributed by atoms with Gasteiger partial charge in [0.05, 0.1) is 6.61 Å². The molecule has 26 heavy (non-hydrogen) atoms. The first-order valence-corrected chi connectivity index (χ1v) is 9.56. The van der Waals surface area contributed by atoms with Crippen LogP contribution < -0.4 is 4.74 Å². The minimum Gasteiger partial charge on any atom is -0.494 e. The summed E-state index contributed by atoms with van der Waals surface area (Å²) in [5.41, 5.74) is 3.47. The molecule has 3 rings (SSSR count). The average molecular weight is 342 g/mol. The molecule has 3 aromatic rings. The molecule has 0 aliphatic rings. The van der Waals surface area contributed by atoms with Crippen LogP contribution in [0.5, 0.6) is 5.75 Å². The Morgan fingerprint density at radius 3 is 2.19 bits per heavy atom. The fourth-order valence-electron chi connectivity index (χ4n) is 2.91. The second kappa shape index (κ2) is 9.11. The molecule has 0 fully saturated rings. The van der Waals surface area contributed by atoms with E-state index < -0.39 is 0 Å². The molecule has 0 N–H and O–H groups in total. The van der Waals surface area contributed by atoms with Crippen LogP contribution in [0.2, 0.25) is 0 Å². The molecule has 0 atom stereocenters. The maximum absolute atomic E-state index is 5.79. The van der Waals surface area contributed by atoms with Crippen LogP contribution in [0.1, 0.15) is 49.8 Å². The van der Waals surface area contributed by atoms with Gasteiger partial charge in [-0.2, -0.15) is 0 Å². The third-order valence-corrected chi connectivity index (χ3v) is 4.42. The van der Waals surface area contributed by atoms with Crippen LogP contribution in [0.25, 0.3) is 10.8 Å². The number of rotatable bonds is 6. The smallest absolute Gasteiger partial charge is 0.119 e. The molecule has 0 bridgehead atoms. The minimum atomic E-state index is 0.780. The molecule has 0 aliphatic heterocycles. The largest absolute Gasteiger partial charge is 0.494 e. The van der Waals surface area contributed by atoms with Gasteiger partial charge >= 0.3 is 0 Å². The van der Waals surface area contributed by atoms with Crippen molar-refractivity contribution < 1.29 is 4.74 Å². The summed E-state index contributed by atoms with van der Waals surface area (Å²) in [6.45, 7) is 5.15. The summed E-state index contributed by atoms with van der Waals surface area (Å²) in [5, 5.41) is 2.38. The minimum absolute atomic E-state index is 0.780. The Morgan fingerprint density at radius 2 is 1.42 bits per heavy atom. The van der Waals surface area contributed by atoms with Gasteiger partial charge in [0.1, 0.15) is 5.75 Å². The van der Waals surface area contributed by atoms with Crippen molar-refractivity contribution in [1.29, 1.82) is 0 Å². The van der Waals surface area contributed by atoms with Crippen molar-refractivity contribution in [2.45, 2.75) is 39.5 Å². The third-order valence-electron chi connectivity index (χ3n) is 4.42. The lowest BCUT2D eigenvalue weighted by molar-refractivity contribution is 0.310. The van der Waals surface area contributed by atoms with Crippen molar-refractivity contribution in [2.24, 2.45) is 0 Å². The maximum atomic E-state index is 5.79. The van der Waals surface area contributed by atoms with E-state index >= 15 is 0 Å². The maximum Gasteiger partial charge on any atom is 0.119 e. The lowest BCUT2D eigenvalue weighted by Gasteiger charge is -2.06. The van der Waals surface area contributed by atoms with Gasteiger partial charge in [0.2, 0.25) is 0 Å². The first-order valence-electron chi connectivity index (χ1n) is 9.56. The van der Waals surface area contributed by atoms with Crippen LogP contribution >= 0.6 is 0 Å². The summed E-state index contributed by atoms with van der Waals surface area (Å²) in [6, 6.07) is 21.2. The van der Waals surface area contributed by atoms with Crippen LogP contribution in [0.4, 0.5) is 0 Å². The van der Waals surface area contributed by atoms with Crippen LogP contribution in [0.3, 0.4) is 0 Å². The van der Waals surface area contributed by atoms with Crippen molar-refractivity contribution >= 4 is 10.8 Å². The zero-order valence-electron chi connectivity index (χ0n) is 15.7. The molecule has 132 valence electrons. The summed E-state index contributed by atoms with van der Waals surface area (Å²) in [4.78, 5) is 0. The Balaban J connectivity index is 1.74. The number of ether oxygens (including phenoxy) is 1. The summed E-state index contributed by atoms with van der Waals surface area (Å²) >= 11 is 0. The number of unbranched alkanes of at least 4 members (excludes halogenated alkanes) is 1. The first kappa shape index (κ1) is 18.1. The molecule has 0 saturated carbocycles. The second-order valence-electron chi connectivity index (χ2n) is 6.62. The molecule has 0 amide bonds. The van der Waals surface area contributed by atoms with Crippen molar-refractivity contribution in [3.63, 3.8) is 0 Å². The Bertz CT molecular complexity index is 910. The van der Waals surface area contributed by atoms with Gasteiger partial charge in [-0.15, -0.1) is 0 Å². The molecular formula is C25H26O. The van der Waals surface area contributed by atoms with E-state index in [4.69, 9.17) is 4.74 Å². The van der Waals surface area contributed by atoms with Crippen LogP contribution in [-0.4, -0.2) is 6.61 Å². The second-order valence-corrected chi connectivity index (χ2v) is 6.62. The molecule has 0 heterocycles. The van der Waals surface area contributed by atoms with Gasteiger partial charge in [-0.3, -0.25) is 0 Å². The van der Waals surface area contributed by atoms with Gasteiger partial charge in [-0.05, 0) is 65.6 Å². The van der Waals surface area contributed by atoms with Gasteiger partial charge in [0.15, 0.2) is 0 Å². The highest BCUT2D eigenvalue weighted by Crippen LogP contribution is 2.22. The Labute approximate surface area is 157 Å². The zero-order valence-corrected chi connectivity index (χ0v) is 15.7. The van der Waals surface area contributed by atoms with E-state index in [0.29, 0.717) is 0 Å². The average Bonchev–Trinajstić information content (AvgIpc) is 2.68. The molecule has 0 radical (unpaired) electrons. The van der Waals surface area contributed by atoms with E-state index in [9.17, 15) is 0 Å². The number of hydrogen-bond donors (Lipinski definition) is 0. The van der Waals surface area contributed by atoms with Crippen molar-refractivity contribution in [3.05, 3.63) is 77.4 Å². The van der Waals surface area contributed by atoms with Crippen molar-refractivity contribution in [3.8, 4) is 17.6 Å². The lowest BCUT2D eigenvalue weighted by atomic mass is 10.1. The van der Waals surface area contributed by atoms with Crippen LogP contribution in [0.15, 0.2) is 60.7 Å². The Hall–Kier alpha value is -2.72. The molecule has 0 aliphatic carbocycles. The van der Waals surface area contributed by atoms with E-state index in [1.807, 2.05) is 6.07 Å². The molecule has 0 saturated heterocycles. The summed E-state index contributed by atoms with van der Waals surface area (Å²) < 4.78 is 5.79. The third kappa shape index (κ3) is 4.90. The quantitative estimate of drug-likeness (QED) is 0.373. The predicted molar refractivity (Wildman–Crippen MR) is 111 cm³/mol. The van der Waals surface area contributed by atoms with Gasteiger partial charge in [-0.25, -0.2) is 0 Å². The van der Waals surface area contributed by atoms with Crippen molar-refractivity contribution in [2.75, 3.05) is 6.61 Å². The SMILES string of the molecule is CCCCOc1ccc2cc(C#Cc3ccc(CCC)cc3)ccc2c1. The van der Waals surface area contributed by atoms with E-state index in [1.54, 1.807) is 0 Å². The highest BCUT2D eigenvalue weighted by atomic mass is 16.5. The van der Waals surface area contributed by atoms with Gasteiger partial charge < -0.3 is 4.74 Å².